The molecule has 0 N–H and O–H groups in total. The van der Waals surface area contributed by atoms with Crippen molar-refractivity contribution in [3.05, 3.63) is 338 Å². The van der Waals surface area contributed by atoms with Crippen molar-refractivity contribution < 1.29 is 16.8 Å². The fraction of sp³-hybridized carbons (Fsp3) is 0.182. The van der Waals surface area contributed by atoms with Gasteiger partial charge in [-0.15, -0.1) is 0 Å². The lowest BCUT2D eigenvalue weighted by Crippen LogP contribution is -2.14. The maximum atomic E-state index is 14.2. The van der Waals surface area contributed by atoms with Crippen molar-refractivity contribution >= 4 is 87.9 Å². The van der Waals surface area contributed by atoms with E-state index in [0.717, 1.165) is 68.2 Å². The minimum absolute atomic E-state index is 0.0274. The van der Waals surface area contributed by atoms with E-state index in [1.54, 1.807) is 48.5 Å². The average Bonchev–Trinajstić information content (AvgIpc) is 0.802. The third kappa shape index (κ3) is 15.7. The van der Waals surface area contributed by atoms with Gasteiger partial charge in [0.15, 0.2) is 0 Å². The Kier molecular flexibility index (Phi) is 20.1. The van der Waals surface area contributed by atoms with Crippen LogP contribution in [0.2, 0.25) is 0 Å². The van der Waals surface area contributed by atoms with E-state index < -0.39 is 19.7 Å². The van der Waals surface area contributed by atoms with Crippen molar-refractivity contribution in [3.63, 3.8) is 0 Å². The number of rotatable bonds is 16. The number of benzene rings is 12. The van der Waals surface area contributed by atoms with Gasteiger partial charge in [-0.3, -0.25) is 0 Å². The van der Waals surface area contributed by atoms with Crippen molar-refractivity contribution in [2.45, 2.75) is 124 Å². The van der Waals surface area contributed by atoms with Crippen molar-refractivity contribution in [2.24, 2.45) is 0 Å². The molecule has 0 aliphatic rings. The van der Waals surface area contributed by atoms with Crippen LogP contribution in [-0.2, 0) is 41.3 Å². The minimum atomic E-state index is -3.81. The molecule has 12 aromatic carbocycles. The van der Waals surface area contributed by atoms with Crippen LogP contribution in [0.15, 0.2) is 335 Å². The van der Waals surface area contributed by atoms with E-state index in [9.17, 15) is 16.8 Å². The molecule has 0 spiro atoms. The Hall–Kier alpha value is -10.3. The normalized spacial score (nSPS) is 12.0. The molecule has 0 saturated heterocycles. The fourth-order valence-electron chi connectivity index (χ4n) is 11.9. The molecular weight excluding hydrogens is 1240 g/mol. The standard InChI is InChI=1S/C52H60N2O2S.C36H28N2O2S/c1-49(2,3)37-13-21-41(22-14-37)53(42-23-15-38(16-24-42)50(4,5)6)45-29-33-47(34-30-45)57(55,56)48-35-31-46(32-36-48)54(43-25-17-39(18-26-43)51(7,8)9)44-27-19-40(20-28-44)52(10,11)12;39-41(40,35-25-21-33(22-26-35)37(29-13-5-1-6-14-29)30-15-7-2-8-16-30)36-27-23-34(24-28-36)38(31-17-9-3-10-18-31)32-19-11-4-12-20-32/h13-36H,1-12H3;1-28H. The van der Waals surface area contributed by atoms with Gasteiger partial charge in [-0.25, -0.2) is 16.8 Å². The molecular formula is C88H88N4O4S2. The second-order valence-electron chi connectivity index (χ2n) is 28.9. The van der Waals surface area contributed by atoms with Crippen LogP contribution >= 0.6 is 0 Å². The molecule has 0 unspecified atom stereocenters. The predicted molar refractivity (Wildman–Crippen MR) is 410 cm³/mol. The van der Waals surface area contributed by atoms with E-state index in [-0.39, 0.29) is 41.2 Å². The first-order valence-electron chi connectivity index (χ1n) is 33.4. The zero-order valence-corrected chi connectivity index (χ0v) is 59.9. The van der Waals surface area contributed by atoms with Crippen molar-refractivity contribution in [1.29, 1.82) is 0 Å². The largest absolute Gasteiger partial charge is 0.311 e. The summed E-state index contributed by atoms with van der Waals surface area (Å²) in [6, 6.07) is 103. The monoisotopic (exact) mass is 1330 g/mol. The van der Waals surface area contributed by atoms with E-state index in [0.29, 0.717) is 0 Å². The lowest BCUT2D eigenvalue weighted by Gasteiger charge is -2.28. The molecule has 12 rings (SSSR count). The van der Waals surface area contributed by atoms with Crippen LogP contribution in [0.3, 0.4) is 0 Å². The van der Waals surface area contributed by atoms with Crippen LogP contribution in [0.1, 0.15) is 105 Å². The Labute approximate surface area is 582 Å². The van der Waals surface area contributed by atoms with Crippen molar-refractivity contribution in [1.82, 2.24) is 0 Å². The van der Waals surface area contributed by atoms with Gasteiger partial charge in [0.25, 0.3) is 0 Å². The second-order valence-corrected chi connectivity index (χ2v) is 32.8. The fourth-order valence-corrected chi connectivity index (χ4v) is 14.4. The van der Waals surface area contributed by atoms with Gasteiger partial charge in [-0.05, 0) is 238 Å². The first-order valence-corrected chi connectivity index (χ1v) is 36.3. The molecule has 10 heteroatoms. The highest BCUT2D eigenvalue weighted by atomic mass is 32.2. The number of anilines is 12. The van der Waals surface area contributed by atoms with Crippen LogP contribution in [0.5, 0.6) is 0 Å². The lowest BCUT2D eigenvalue weighted by molar-refractivity contribution is 0.590. The van der Waals surface area contributed by atoms with E-state index in [4.69, 9.17) is 0 Å². The molecule has 0 heterocycles. The molecule has 0 aliphatic heterocycles. The predicted octanol–water partition coefficient (Wildman–Crippen LogP) is 24.1. The first kappa shape index (κ1) is 69.1. The maximum absolute atomic E-state index is 14.2. The minimum Gasteiger partial charge on any atom is -0.311 e. The summed E-state index contributed by atoms with van der Waals surface area (Å²) in [7, 11) is -7.53. The topological polar surface area (TPSA) is 81.2 Å². The van der Waals surface area contributed by atoms with Crippen LogP contribution in [-0.4, -0.2) is 16.8 Å². The van der Waals surface area contributed by atoms with Gasteiger partial charge < -0.3 is 19.6 Å². The second kappa shape index (κ2) is 28.4. The van der Waals surface area contributed by atoms with E-state index >= 15 is 0 Å². The molecule has 0 fully saturated rings. The molecule has 0 saturated carbocycles. The van der Waals surface area contributed by atoms with Gasteiger partial charge in [0, 0.05) is 68.2 Å². The van der Waals surface area contributed by atoms with Crippen molar-refractivity contribution in [2.75, 3.05) is 19.6 Å². The van der Waals surface area contributed by atoms with Crippen LogP contribution in [0.25, 0.3) is 0 Å². The van der Waals surface area contributed by atoms with E-state index in [2.05, 4.69) is 200 Å². The number of hydrogen-bond donors (Lipinski definition) is 0. The SMILES string of the molecule is CC(C)(C)c1ccc(N(c2ccc(C(C)(C)C)cc2)c2ccc(S(=O)(=O)c3ccc(N(c4ccc(C(C)(C)C)cc4)c4ccc(C(C)(C)C)cc4)cc3)cc2)cc1.O=S(=O)(c1ccc(N(c2ccccc2)c2ccccc2)cc1)c1ccc(N(c2ccccc2)c2ccccc2)cc1. The number of para-hydroxylation sites is 4. The van der Waals surface area contributed by atoms with Gasteiger partial charge in [-0.1, -0.05) is 204 Å². The highest BCUT2D eigenvalue weighted by Crippen LogP contribution is 2.42. The Morgan fingerprint density at radius 1 is 0.173 bits per heavy atom. The highest BCUT2D eigenvalue weighted by molar-refractivity contribution is 7.91. The van der Waals surface area contributed by atoms with Gasteiger partial charge in [0.1, 0.15) is 0 Å². The number of nitrogens with zero attached hydrogens (tertiary/aromatic N) is 4. The molecule has 98 heavy (non-hydrogen) atoms. The molecule has 0 radical (unpaired) electrons. The smallest absolute Gasteiger partial charge is 0.206 e. The summed E-state index contributed by atoms with van der Waals surface area (Å²) in [4.78, 5) is 9.56. The molecule has 0 aliphatic carbocycles. The summed E-state index contributed by atoms with van der Waals surface area (Å²) in [6.45, 7) is 26.6. The lowest BCUT2D eigenvalue weighted by atomic mass is 9.86. The average molecular weight is 1330 g/mol. The highest BCUT2D eigenvalue weighted by Gasteiger charge is 2.26. The Bertz CT molecular complexity index is 4320. The maximum Gasteiger partial charge on any atom is 0.206 e. The van der Waals surface area contributed by atoms with Crippen LogP contribution in [0, 0.1) is 0 Å². The molecule has 0 atom stereocenters. The van der Waals surface area contributed by atoms with Crippen LogP contribution in [0.4, 0.5) is 68.2 Å². The Balaban J connectivity index is 0.000000209. The molecule has 0 amide bonds. The number of sulfone groups is 2. The first-order chi connectivity index (χ1) is 46.6. The van der Waals surface area contributed by atoms with Crippen LogP contribution < -0.4 is 19.6 Å². The third-order valence-electron chi connectivity index (χ3n) is 17.6. The summed E-state index contributed by atoms with van der Waals surface area (Å²) in [5.41, 5.74) is 16.6. The molecule has 0 bridgehead atoms. The third-order valence-corrected chi connectivity index (χ3v) is 21.2. The zero-order valence-electron chi connectivity index (χ0n) is 58.3. The number of hydrogen-bond acceptors (Lipinski definition) is 8. The molecule has 8 nitrogen and oxygen atoms in total. The van der Waals surface area contributed by atoms with Gasteiger partial charge in [0.2, 0.25) is 19.7 Å². The summed E-state index contributed by atoms with van der Waals surface area (Å²) >= 11 is 0. The molecule has 12 aromatic rings. The molecule has 0 aromatic heterocycles. The Morgan fingerprint density at radius 3 is 0.429 bits per heavy atom. The summed E-state index contributed by atoms with van der Waals surface area (Å²) in [6.07, 6.45) is 0. The summed E-state index contributed by atoms with van der Waals surface area (Å²) in [5.74, 6) is 0. The zero-order chi connectivity index (χ0) is 69.6. The summed E-state index contributed by atoms with van der Waals surface area (Å²) < 4.78 is 55.6. The Morgan fingerprint density at radius 2 is 0.296 bits per heavy atom. The van der Waals surface area contributed by atoms with E-state index in [1.165, 1.54) is 22.3 Å². The van der Waals surface area contributed by atoms with Gasteiger partial charge in [-0.2, -0.15) is 0 Å². The van der Waals surface area contributed by atoms with Gasteiger partial charge in [0.05, 0.1) is 19.6 Å². The molecule has 496 valence electrons. The quantitative estimate of drug-likeness (QED) is 0.0947. The van der Waals surface area contributed by atoms with Crippen molar-refractivity contribution in [3.8, 4) is 0 Å². The van der Waals surface area contributed by atoms with Gasteiger partial charge >= 0.3 is 0 Å². The summed E-state index contributed by atoms with van der Waals surface area (Å²) in [5, 5.41) is 0. The van der Waals surface area contributed by atoms with E-state index in [1.807, 2.05) is 170 Å².